The Kier molecular flexibility index (Phi) is 10.0. The fourth-order valence-corrected chi connectivity index (χ4v) is 3.33. The van der Waals surface area contributed by atoms with Gasteiger partial charge in [0.15, 0.2) is 5.78 Å². The van der Waals surface area contributed by atoms with Crippen LogP contribution >= 0.6 is 0 Å². The van der Waals surface area contributed by atoms with Crippen LogP contribution in [0.25, 0.3) is 0 Å². The second-order valence-corrected chi connectivity index (χ2v) is 7.91. The molecule has 1 N–H and O–H groups in total. The van der Waals surface area contributed by atoms with Crippen molar-refractivity contribution < 1.29 is 23.9 Å². The molecule has 0 aromatic heterocycles. The van der Waals surface area contributed by atoms with E-state index in [2.05, 4.69) is 5.32 Å². The Morgan fingerprint density at radius 1 is 0.676 bits per heavy atom. The molecule has 6 nitrogen and oxygen atoms in total. The van der Waals surface area contributed by atoms with Gasteiger partial charge in [0.25, 0.3) is 0 Å². The van der Waals surface area contributed by atoms with Crippen molar-refractivity contribution in [1.82, 2.24) is 5.32 Å². The minimum atomic E-state index is -0.798. The van der Waals surface area contributed by atoms with Gasteiger partial charge in [0.2, 0.25) is 0 Å². The predicted octanol–water partition coefficient (Wildman–Crippen LogP) is 4.02. The number of carbonyl (C=O) groups excluding carboxylic acids is 3. The Bertz CT molecular complexity index is 1040. The third-order valence-electron chi connectivity index (χ3n) is 5.18. The van der Waals surface area contributed by atoms with Crippen molar-refractivity contribution in [2.24, 2.45) is 0 Å². The summed E-state index contributed by atoms with van der Waals surface area (Å²) in [5.74, 6) is -0.979. The highest BCUT2D eigenvalue weighted by Crippen LogP contribution is 2.08. The molecule has 0 fully saturated rings. The molecular formula is C28H29NO5. The van der Waals surface area contributed by atoms with E-state index in [1.54, 1.807) is 0 Å². The van der Waals surface area contributed by atoms with Gasteiger partial charge in [0, 0.05) is 12.8 Å². The Hall–Kier alpha value is -3.77. The molecule has 0 heterocycles. The lowest BCUT2D eigenvalue weighted by molar-refractivity contribution is -0.149. The summed E-state index contributed by atoms with van der Waals surface area (Å²) in [4.78, 5) is 37.4. The van der Waals surface area contributed by atoms with Crippen LogP contribution in [-0.2, 0) is 43.5 Å². The van der Waals surface area contributed by atoms with Crippen LogP contribution in [0, 0.1) is 0 Å². The van der Waals surface area contributed by atoms with E-state index in [1.165, 1.54) is 0 Å². The van der Waals surface area contributed by atoms with Crippen molar-refractivity contribution in [3.8, 4) is 0 Å². The Balaban J connectivity index is 1.52. The van der Waals surface area contributed by atoms with Crippen molar-refractivity contribution in [3.63, 3.8) is 0 Å². The second-order valence-electron chi connectivity index (χ2n) is 7.91. The molecule has 1 atom stereocenters. The van der Waals surface area contributed by atoms with Gasteiger partial charge in [-0.25, -0.2) is 0 Å². The van der Waals surface area contributed by atoms with Crippen LogP contribution in [0.2, 0.25) is 0 Å². The fourth-order valence-electron chi connectivity index (χ4n) is 3.33. The van der Waals surface area contributed by atoms with E-state index in [9.17, 15) is 14.4 Å². The zero-order valence-corrected chi connectivity index (χ0v) is 19.0. The number of rotatable bonds is 13. The third-order valence-corrected chi connectivity index (χ3v) is 5.18. The normalized spacial score (nSPS) is 11.4. The molecule has 0 aliphatic carbocycles. The summed E-state index contributed by atoms with van der Waals surface area (Å²) in [6.45, 7) is 0.291. The lowest BCUT2D eigenvalue weighted by atomic mass is 10.1. The molecule has 6 heteroatoms. The number of benzene rings is 3. The van der Waals surface area contributed by atoms with Gasteiger partial charge in [-0.2, -0.15) is 0 Å². The smallest absolute Gasteiger partial charge is 0.323 e. The van der Waals surface area contributed by atoms with Crippen molar-refractivity contribution in [2.75, 3.05) is 6.54 Å². The van der Waals surface area contributed by atoms with Gasteiger partial charge in [-0.05, 0) is 23.1 Å². The summed E-state index contributed by atoms with van der Waals surface area (Å²) in [6, 6.07) is 27.3. The highest BCUT2D eigenvalue weighted by molar-refractivity contribution is 5.84. The maximum atomic E-state index is 12.7. The SMILES string of the molecule is O=C(CN[C@H](CCC(=O)OCc1ccccc1)C(=O)OCc1ccccc1)Cc1ccccc1. The summed E-state index contributed by atoms with van der Waals surface area (Å²) >= 11 is 0. The predicted molar refractivity (Wildman–Crippen MR) is 129 cm³/mol. The van der Waals surface area contributed by atoms with Crippen LogP contribution in [0.4, 0.5) is 0 Å². The number of esters is 2. The summed E-state index contributed by atoms with van der Waals surface area (Å²) in [5.41, 5.74) is 2.65. The van der Waals surface area contributed by atoms with Crippen LogP contribution in [-0.4, -0.2) is 30.3 Å². The average Bonchev–Trinajstić information content (AvgIpc) is 2.88. The van der Waals surface area contributed by atoms with Gasteiger partial charge < -0.3 is 9.47 Å². The first-order chi connectivity index (χ1) is 16.6. The van der Waals surface area contributed by atoms with Crippen LogP contribution in [0.1, 0.15) is 29.5 Å². The molecule has 34 heavy (non-hydrogen) atoms. The number of hydrogen-bond acceptors (Lipinski definition) is 6. The largest absolute Gasteiger partial charge is 0.461 e. The Labute approximate surface area is 199 Å². The standard InChI is InChI=1S/C28H29NO5/c30-25(18-22-10-4-1-5-11-22)19-29-26(28(32)34-21-24-14-8-3-9-15-24)16-17-27(31)33-20-23-12-6-2-7-13-23/h1-15,26,29H,16-21H2/t26-/m1/s1. The quantitative estimate of drug-likeness (QED) is 0.389. The molecular weight excluding hydrogens is 430 g/mol. The summed E-state index contributed by atoms with van der Waals surface area (Å²) < 4.78 is 10.7. The molecule has 3 rings (SSSR count). The van der Waals surface area contributed by atoms with Crippen molar-refractivity contribution >= 4 is 17.7 Å². The molecule has 0 saturated carbocycles. The molecule has 176 valence electrons. The molecule has 0 aliphatic heterocycles. The van der Waals surface area contributed by atoms with Gasteiger partial charge in [-0.15, -0.1) is 0 Å². The summed E-state index contributed by atoms with van der Waals surface area (Å²) in [7, 11) is 0. The van der Waals surface area contributed by atoms with E-state index in [0.29, 0.717) is 0 Å². The van der Waals surface area contributed by atoms with E-state index in [0.717, 1.165) is 16.7 Å². The van der Waals surface area contributed by atoms with Crippen LogP contribution in [0.15, 0.2) is 91.0 Å². The van der Waals surface area contributed by atoms with Gasteiger partial charge in [-0.3, -0.25) is 19.7 Å². The monoisotopic (exact) mass is 459 g/mol. The lowest BCUT2D eigenvalue weighted by Gasteiger charge is -2.17. The van der Waals surface area contributed by atoms with E-state index >= 15 is 0 Å². The molecule has 0 bridgehead atoms. The van der Waals surface area contributed by atoms with Crippen LogP contribution in [0.3, 0.4) is 0 Å². The lowest BCUT2D eigenvalue weighted by Crippen LogP contribution is -2.41. The first-order valence-electron chi connectivity index (χ1n) is 11.3. The van der Waals surface area contributed by atoms with E-state index < -0.39 is 18.0 Å². The molecule has 0 saturated heterocycles. The fraction of sp³-hybridized carbons (Fsp3) is 0.250. The van der Waals surface area contributed by atoms with Gasteiger partial charge in [0.1, 0.15) is 19.3 Å². The number of nitrogens with one attached hydrogen (secondary N) is 1. The maximum Gasteiger partial charge on any atom is 0.323 e. The van der Waals surface area contributed by atoms with Crippen LogP contribution < -0.4 is 5.32 Å². The summed E-state index contributed by atoms with van der Waals surface area (Å²) in [6.07, 6.45) is 0.455. The first kappa shape index (κ1) is 24.9. The minimum Gasteiger partial charge on any atom is -0.461 e. The third kappa shape index (κ3) is 9.00. The van der Waals surface area contributed by atoms with E-state index in [-0.39, 0.29) is 44.8 Å². The Morgan fingerprint density at radius 2 is 1.18 bits per heavy atom. The molecule has 0 aliphatic rings. The van der Waals surface area contributed by atoms with Crippen molar-refractivity contribution in [2.45, 2.75) is 38.5 Å². The first-order valence-corrected chi connectivity index (χ1v) is 11.3. The highest BCUT2D eigenvalue weighted by Gasteiger charge is 2.22. The molecule has 0 amide bonds. The average molecular weight is 460 g/mol. The molecule has 3 aromatic rings. The maximum absolute atomic E-state index is 12.7. The number of Topliss-reactive ketones (excluding diaryl/α,β-unsaturated/α-hetero) is 1. The van der Waals surface area contributed by atoms with Gasteiger partial charge in [-0.1, -0.05) is 91.0 Å². The molecule has 0 radical (unpaired) electrons. The van der Waals surface area contributed by atoms with Crippen molar-refractivity contribution in [1.29, 1.82) is 0 Å². The number of carbonyl (C=O) groups is 3. The topological polar surface area (TPSA) is 81.7 Å². The van der Waals surface area contributed by atoms with Gasteiger partial charge >= 0.3 is 11.9 Å². The van der Waals surface area contributed by atoms with Crippen molar-refractivity contribution in [3.05, 3.63) is 108 Å². The zero-order valence-electron chi connectivity index (χ0n) is 19.0. The summed E-state index contributed by atoms with van der Waals surface area (Å²) in [5, 5.41) is 2.97. The van der Waals surface area contributed by atoms with Crippen LogP contribution in [0.5, 0.6) is 0 Å². The highest BCUT2D eigenvalue weighted by atomic mass is 16.5. The zero-order chi connectivity index (χ0) is 24.0. The second kappa shape index (κ2) is 13.7. The number of ether oxygens (including phenoxy) is 2. The molecule has 3 aromatic carbocycles. The Morgan fingerprint density at radius 3 is 1.74 bits per heavy atom. The number of hydrogen-bond donors (Lipinski definition) is 1. The van der Waals surface area contributed by atoms with E-state index in [4.69, 9.17) is 9.47 Å². The number of ketones is 1. The van der Waals surface area contributed by atoms with E-state index in [1.807, 2.05) is 91.0 Å². The minimum absolute atomic E-state index is 0.000932. The van der Waals surface area contributed by atoms with Gasteiger partial charge in [0.05, 0.1) is 6.54 Å². The molecule has 0 spiro atoms. The molecule has 0 unspecified atom stereocenters.